The van der Waals surface area contributed by atoms with Crippen molar-refractivity contribution in [3.63, 3.8) is 0 Å². The van der Waals surface area contributed by atoms with E-state index in [0.29, 0.717) is 25.3 Å². The maximum Gasteiger partial charge on any atom is 0.203 e. The van der Waals surface area contributed by atoms with E-state index in [1.165, 1.54) is 0 Å². The predicted molar refractivity (Wildman–Crippen MR) is 105 cm³/mol. The Bertz CT molecular complexity index is 942. The molecule has 0 aliphatic carbocycles. The van der Waals surface area contributed by atoms with Crippen LogP contribution in [-0.4, -0.2) is 58.1 Å². The number of benzene rings is 2. The minimum atomic E-state index is -0.520. The zero-order valence-electron chi connectivity index (χ0n) is 15.4. The molecular formula is C21H26N4O2. The molecule has 6 nitrogen and oxygen atoms in total. The van der Waals surface area contributed by atoms with Crippen molar-refractivity contribution in [2.24, 2.45) is 0 Å². The van der Waals surface area contributed by atoms with Crippen LogP contribution in [0.2, 0.25) is 0 Å². The minimum absolute atomic E-state index is 0.415. The Kier molecular flexibility index (Phi) is 5.38. The Morgan fingerprint density at radius 2 is 1.52 bits per heavy atom. The number of hydrogen-bond acceptors (Lipinski definition) is 4. The average Bonchev–Trinajstić information content (AvgIpc) is 2.95. The summed E-state index contributed by atoms with van der Waals surface area (Å²) in [5.74, 6) is 0. The largest absolute Gasteiger partial charge is 0.390 e. The van der Waals surface area contributed by atoms with Gasteiger partial charge in [0.1, 0.15) is 0 Å². The highest BCUT2D eigenvalue weighted by molar-refractivity contribution is 5.76. The predicted octanol–water partition coefficient (Wildman–Crippen LogP) is 1.66. The smallest absolute Gasteiger partial charge is 0.203 e. The number of aliphatic hydroxyl groups is 1. The highest BCUT2D eigenvalue weighted by Gasteiger charge is 2.18. The maximum atomic E-state index is 10.6. The molecule has 27 heavy (non-hydrogen) atoms. The Morgan fingerprint density at radius 3 is 2.22 bits per heavy atom. The maximum absolute atomic E-state index is 10.6. The van der Waals surface area contributed by atoms with Gasteiger partial charge in [-0.2, -0.15) is 0 Å². The number of rotatable bonds is 6. The van der Waals surface area contributed by atoms with Crippen molar-refractivity contribution in [3.05, 3.63) is 65.8 Å². The van der Waals surface area contributed by atoms with Crippen LogP contribution in [0.3, 0.4) is 0 Å². The van der Waals surface area contributed by atoms with Crippen LogP contribution < -0.4 is 5.62 Å². The van der Waals surface area contributed by atoms with Crippen LogP contribution in [0.4, 0.5) is 0 Å². The first-order valence-corrected chi connectivity index (χ1v) is 9.47. The molecule has 0 spiro atoms. The van der Waals surface area contributed by atoms with E-state index in [-0.39, 0.29) is 0 Å². The zero-order chi connectivity index (χ0) is 18.6. The summed E-state index contributed by atoms with van der Waals surface area (Å²) in [6.45, 7) is 4.82. The number of β-amino-alcohol motifs (C(OH)–C–C–N with tert-alkyl or cyclic N) is 1. The Balaban J connectivity index is 1.60. The summed E-state index contributed by atoms with van der Waals surface area (Å²) in [5.41, 5.74) is 3.58. The van der Waals surface area contributed by atoms with E-state index in [1.807, 2.05) is 51.6 Å². The minimum Gasteiger partial charge on any atom is -0.390 e. The average molecular weight is 366 g/mol. The molecule has 2 N–H and O–H groups in total. The van der Waals surface area contributed by atoms with Crippen molar-refractivity contribution in [2.45, 2.75) is 19.2 Å². The van der Waals surface area contributed by atoms with Crippen LogP contribution in [0.25, 0.3) is 11.0 Å². The van der Waals surface area contributed by atoms with Gasteiger partial charge in [0, 0.05) is 19.6 Å². The molecule has 1 unspecified atom stereocenters. The third-order valence-corrected chi connectivity index (χ3v) is 5.12. The molecule has 3 aromatic rings. The number of nitrogens with one attached hydrogen (secondary N) is 1. The van der Waals surface area contributed by atoms with Gasteiger partial charge >= 0.3 is 0 Å². The van der Waals surface area contributed by atoms with Gasteiger partial charge in [-0.1, -0.05) is 42.5 Å². The first kappa shape index (κ1) is 18.0. The van der Waals surface area contributed by atoms with Crippen molar-refractivity contribution in [3.8, 4) is 0 Å². The molecule has 4 rings (SSSR count). The second-order valence-corrected chi connectivity index (χ2v) is 7.06. The first-order valence-electron chi connectivity index (χ1n) is 9.47. The molecule has 0 saturated carbocycles. The molecule has 2 aromatic carbocycles. The van der Waals surface area contributed by atoms with Crippen LogP contribution >= 0.6 is 0 Å². The quantitative estimate of drug-likeness (QED) is 0.697. The number of ether oxygens (including phenoxy) is 1. The number of hydrogen-bond donors (Lipinski definition) is 2. The van der Waals surface area contributed by atoms with E-state index in [1.54, 1.807) is 0 Å². The topological polar surface area (TPSA) is 66.4 Å². The fourth-order valence-electron chi connectivity index (χ4n) is 3.76. The Morgan fingerprint density at radius 1 is 0.889 bits per heavy atom. The molecule has 0 radical (unpaired) electrons. The van der Waals surface area contributed by atoms with Gasteiger partial charge in [-0.05, 0) is 17.7 Å². The number of aliphatic hydroxyl groups excluding tert-OH is 1. The van der Waals surface area contributed by atoms with Gasteiger partial charge < -0.3 is 19.0 Å². The fourth-order valence-corrected chi connectivity index (χ4v) is 3.76. The van der Waals surface area contributed by atoms with Crippen molar-refractivity contribution >= 4 is 11.0 Å². The standard InChI is InChI=1S/C21H26N4O2/c22-21-24(14-17-6-2-1-3-7-17)19-8-4-5-9-20(19)25(21)16-18(26)15-23-10-12-27-13-11-23/h1-9,18,22,26H,10-16H2. The molecule has 1 atom stereocenters. The van der Waals surface area contributed by atoms with Gasteiger partial charge in [-0.15, -0.1) is 0 Å². The molecule has 6 heteroatoms. The van der Waals surface area contributed by atoms with Crippen molar-refractivity contribution in [1.82, 2.24) is 14.0 Å². The highest BCUT2D eigenvalue weighted by Crippen LogP contribution is 2.15. The van der Waals surface area contributed by atoms with E-state index in [9.17, 15) is 5.11 Å². The lowest BCUT2D eigenvalue weighted by Crippen LogP contribution is -2.42. The Labute approximate surface area is 158 Å². The van der Waals surface area contributed by atoms with E-state index in [4.69, 9.17) is 10.1 Å². The van der Waals surface area contributed by atoms with Gasteiger partial charge in [0.2, 0.25) is 5.62 Å². The molecule has 1 aliphatic heterocycles. The molecule has 0 bridgehead atoms. The summed E-state index contributed by atoms with van der Waals surface area (Å²) >= 11 is 0. The summed E-state index contributed by atoms with van der Waals surface area (Å²) in [6.07, 6.45) is -0.520. The van der Waals surface area contributed by atoms with Gasteiger partial charge in [0.05, 0.1) is 43.4 Å². The first-order chi connectivity index (χ1) is 13.2. The number of aromatic nitrogens is 2. The second-order valence-electron chi connectivity index (χ2n) is 7.06. The molecule has 1 saturated heterocycles. The van der Waals surface area contributed by atoms with E-state index >= 15 is 0 Å². The number of nitrogens with zero attached hydrogens (tertiary/aromatic N) is 3. The normalized spacial score (nSPS) is 16.6. The van der Waals surface area contributed by atoms with Gasteiger partial charge in [0.25, 0.3) is 0 Å². The van der Waals surface area contributed by atoms with Crippen molar-refractivity contribution < 1.29 is 9.84 Å². The van der Waals surface area contributed by atoms with Crippen LogP contribution in [0, 0.1) is 5.41 Å². The summed E-state index contributed by atoms with van der Waals surface area (Å²) in [7, 11) is 0. The van der Waals surface area contributed by atoms with E-state index in [0.717, 1.165) is 42.9 Å². The second kappa shape index (κ2) is 8.08. The van der Waals surface area contributed by atoms with Crippen molar-refractivity contribution in [2.75, 3.05) is 32.8 Å². The van der Waals surface area contributed by atoms with Gasteiger partial charge in [-0.25, -0.2) is 0 Å². The highest BCUT2D eigenvalue weighted by atomic mass is 16.5. The molecule has 1 aliphatic rings. The number of imidazole rings is 1. The number of morpholine rings is 1. The number of para-hydroxylation sites is 2. The SMILES string of the molecule is N=c1n(Cc2ccccc2)c2ccccc2n1CC(O)CN1CCOCC1. The van der Waals surface area contributed by atoms with Gasteiger partial charge in [0.15, 0.2) is 0 Å². The Hall–Kier alpha value is -2.41. The van der Waals surface area contributed by atoms with Crippen LogP contribution in [0.15, 0.2) is 54.6 Å². The molecule has 2 heterocycles. The lowest BCUT2D eigenvalue weighted by atomic mass is 10.2. The monoisotopic (exact) mass is 366 g/mol. The van der Waals surface area contributed by atoms with E-state index in [2.05, 4.69) is 17.0 Å². The van der Waals surface area contributed by atoms with Gasteiger partial charge in [-0.3, -0.25) is 10.3 Å². The number of fused-ring (bicyclic) bond motifs is 1. The summed E-state index contributed by atoms with van der Waals surface area (Å²) < 4.78 is 9.30. The van der Waals surface area contributed by atoms with Crippen LogP contribution in [0.5, 0.6) is 0 Å². The molecule has 0 amide bonds. The lowest BCUT2D eigenvalue weighted by Gasteiger charge is -2.28. The molecular weight excluding hydrogens is 340 g/mol. The van der Waals surface area contributed by atoms with Crippen LogP contribution in [0.1, 0.15) is 5.56 Å². The fraction of sp³-hybridized carbons (Fsp3) is 0.381. The third-order valence-electron chi connectivity index (χ3n) is 5.12. The zero-order valence-corrected chi connectivity index (χ0v) is 15.4. The summed E-state index contributed by atoms with van der Waals surface area (Å²) in [6, 6.07) is 18.2. The van der Waals surface area contributed by atoms with Crippen LogP contribution in [-0.2, 0) is 17.8 Å². The summed E-state index contributed by atoms with van der Waals surface area (Å²) in [5, 5.41) is 19.4. The summed E-state index contributed by atoms with van der Waals surface area (Å²) in [4.78, 5) is 2.22. The third kappa shape index (κ3) is 3.98. The molecule has 1 fully saturated rings. The molecule has 142 valence electrons. The lowest BCUT2D eigenvalue weighted by molar-refractivity contribution is 0.0114. The molecule has 1 aromatic heterocycles. The van der Waals surface area contributed by atoms with Crippen molar-refractivity contribution in [1.29, 1.82) is 5.41 Å². The van der Waals surface area contributed by atoms with E-state index < -0.39 is 6.10 Å².